The largest absolute Gasteiger partial charge is 0.451 e. The van der Waals surface area contributed by atoms with E-state index in [2.05, 4.69) is 30.4 Å². The summed E-state index contributed by atoms with van der Waals surface area (Å²) in [6.45, 7) is 1.74. The smallest absolute Gasteiger partial charge is 0.346 e. The molecule has 1 aromatic carbocycles. The van der Waals surface area contributed by atoms with Crippen molar-refractivity contribution >= 4 is 17.5 Å². The topological polar surface area (TPSA) is 98.5 Å². The van der Waals surface area contributed by atoms with Gasteiger partial charge in [-0.2, -0.15) is 18.3 Å². The van der Waals surface area contributed by atoms with Crippen LogP contribution in [-0.4, -0.2) is 35.6 Å². The molecule has 1 amide bonds. The van der Waals surface area contributed by atoms with Gasteiger partial charge in [-0.1, -0.05) is 11.6 Å². The van der Waals surface area contributed by atoms with E-state index in [9.17, 15) is 18.0 Å². The van der Waals surface area contributed by atoms with Crippen LogP contribution in [0, 0.1) is 12.7 Å². The first-order chi connectivity index (χ1) is 16.1. The Morgan fingerprint density at radius 3 is 2.53 bits per heavy atom. The van der Waals surface area contributed by atoms with Gasteiger partial charge in [0, 0.05) is 23.5 Å². The van der Waals surface area contributed by atoms with Gasteiger partial charge in [-0.3, -0.25) is 19.7 Å². The van der Waals surface area contributed by atoms with Crippen LogP contribution in [-0.2, 0) is 12.7 Å². The van der Waals surface area contributed by atoms with Crippen molar-refractivity contribution in [2.75, 3.05) is 0 Å². The molecule has 0 fully saturated rings. The number of aromatic nitrogens is 6. The van der Waals surface area contributed by atoms with Gasteiger partial charge in [0.1, 0.15) is 12.0 Å². The maximum atomic E-state index is 15.4. The molecular formula is C21H14ClF4N7O. The molecule has 174 valence electrons. The van der Waals surface area contributed by atoms with Crippen LogP contribution in [0.15, 0.2) is 49.2 Å². The number of hydrogen-bond acceptors (Lipinski definition) is 6. The number of aryl methyl sites for hydroxylation is 1. The summed E-state index contributed by atoms with van der Waals surface area (Å²) in [5, 5.41) is 6.38. The molecule has 0 bridgehead atoms. The Morgan fingerprint density at radius 2 is 1.88 bits per heavy atom. The molecule has 0 aliphatic carbocycles. The van der Waals surface area contributed by atoms with Crippen LogP contribution in [0.5, 0.6) is 0 Å². The van der Waals surface area contributed by atoms with Crippen molar-refractivity contribution in [3.63, 3.8) is 0 Å². The number of pyridine rings is 1. The third kappa shape index (κ3) is 4.86. The average Bonchev–Trinajstić information content (AvgIpc) is 3.30. The molecule has 0 unspecified atom stereocenters. The zero-order valence-electron chi connectivity index (χ0n) is 17.3. The number of amides is 1. The number of benzene rings is 1. The Hall–Kier alpha value is -3.93. The summed E-state index contributed by atoms with van der Waals surface area (Å²) in [4.78, 5) is 28.2. The number of rotatable bonds is 5. The van der Waals surface area contributed by atoms with Crippen molar-refractivity contribution in [3.05, 3.63) is 82.8 Å². The van der Waals surface area contributed by atoms with Gasteiger partial charge in [0.2, 0.25) is 5.82 Å². The average molecular weight is 492 g/mol. The fraction of sp³-hybridized carbons (Fsp3) is 0.143. The Morgan fingerprint density at radius 1 is 1.09 bits per heavy atom. The zero-order chi connectivity index (χ0) is 24.5. The lowest BCUT2D eigenvalue weighted by molar-refractivity contribution is -0.146. The van der Waals surface area contributed by atoms with Gasteiger partial charge in [-0.15, -0.1) is 0 Å². The van der Waals surface area contributed by atoms with Gasteiger partial charge < -0.3 is 5.32 Å². The molecular weight excluding hydrogens is 478 g/mol. The Kier molecular flexibility index (Phi) is 6.24. The highest BCUT2D eigenvalue weighted by atomic mass is 35.5. The van der Waals surface area contributed by atoms with Crippen LogP contribution in [0.25, 0.3) is 16.9 Å². The quantitative estimate of drug-likeness (QED) is 0.421. The van der Waals surface area contributed by atoms with Crippen molar-refractivity contribution in [1.29, 1.82) is 0 Å². The first-order valence-corrected chi connectivity index (χ1v) is 10.00. The summed E-state index contributed by atoms with van der Waals surface area (Å²) in [6, 6.07) is 4.94. The summed E-state index contributed by atoms with van der Waals surface area (Å²) in [7, 11) is 0. The number of carbonyl (C=O) groups excluding carboxylic acids is 1. The third-order valence-corrected chi connectivity index (χ3v) is 4.84. The predicted molar refractivity (Wildman–Crippen MR) is 112 cm³/mol. The molecule has 4 rings (SSSR count). The van der Waals surface area contributed by atoms with E-state index < -0.39 is 29.4 Å². The van der Waals surface area contributed by atoms with Gasteiger partial charge in [0.15, 0.2) is 5.82 Å². The second-order valence-electron chi connectivity index (χ2n) is 7.04. The molecule has 8 nitrogen and oxygen atoms in total. The van der Waals surface area contributed by atoms with Crippen molar-refractivity contribution in [1.82, 2.24) is 35.0 Å². The monoisotopic (exact) mass is 491 g/mol. The van der Waals surface area contributed by atoms with Gasteiger partial charge in [0.25, 0.3) is 5.91 Å². The number of halogens is 5. The predicted octanol–water partition coefficient (Wildman–Crippen LogP) is 4.17. The molecule has 34 heavy (non-hydrogen) atoms. The molecule has 0 aliphatic rings. The van der Waals surface area contributed by atoms with E-state index in [0.29, 0.717) is 17.7 Å². The summed E-state index contributed by atoms with van der Waals surface area (Å²) in [5.74, 6) is -3.21. The minimum atomic E-state index is -4.91. The fourth-order valence-electron chi connectivity index (χ4n) is 3.01. The number of alkyl halides is 3. The first-order valence-electron chi connectivity index (χ1n) is 9.62. The van der Waals surface area contributed by atoms with E-state index in [-0.39, 0.29) is 33.1 Å². The maximum absolute atomic E-state index is 15.4. The zero-order valence-corrected chi connectivity index (χ0v) is 18.1. The fourth-order valence-corrected chi connectivity index (χ4v) is 3.12. The second kappa shape index (κ2) is 9.14. The normalized spacial score (nSPS) is 11.5. The van der Waals surface area contributed by atoms with Crippen LogP contribution in [0.4, 0.5) is 17.6 Å². The molecule has 1 N–H and O–H groups in total. The van der Waals surface area contributed by atoms with E-state index in [1.54, 1.807) is 6.92 Å². The number of nitrogens with zero attached hydrogens (tertiary/aromatic N) is 6. The van der Waals surface area contributed by atoms with E-state index in [1.807, 2.05) is 0 Å². The minimum absolute atomic E-state index is 0.00945. The van der Waals surface area contributed by atoms with Crippen molar-refractivity contribution in [2.45, 2.75) is 19.6 Å². The molecule has 3 aromatic heterocycles. The summed E-state index contributed by atoms with van der Waals surface area (Å²) in [6.07, 6.45) is -0.0321. The number of hydrogen-bond donors (Lipinski definition) is 1. The van der Waals surface area contributed by atoms with E-state index in [4.69, 9.17) is 11.6 Å². The Labute approximate surface area is 194 Å². The molecule has 13 heteroatoms. The van der Waals surface area contributed by atoms with Crippen LogP contribution < -0.4 is 5.32 Å². The highest BCUT2D eigenvalue weighted by molar-refractivity contribution is 6.30. The Balaban J connectivity index is 1.78. The second-order valence-corrected chi connectivity index (χ2v) is 7.48. The lowest BCUT2D eigenvalue weighted by Gasteiger charge is -2.14. The lowest BCUT2D eigenvalue weighted by Crippen LogP contribution is -2.24. The molecule has 0 spiro atoms. The van der Waals surface area contributed by atoms with Crippen LogP contribution in [0.1, 0.15) is 27.6 Å². The van der Waals surface area contributed by atoms with Crippen LogP contribution >= 0.6 is 11.6 Å². The molecule has 3 heterocycles. The standard InChI is InChI=1S/C21H14ClF4N7O/c1-11-6-28-14(8-27-11)9-30-19(34)12-4-15(16-3-2-13(22)7-29-16)18(23)17(5-12)33-20(21(24,25)26)31-10-32-33/h2-8,10H,9H2,1H3,(H,30,34). The van der Waals surface area contributed by atoms with Crippen molar-refractivity contribution in [3.8, 4) is 16.9 Å². The molecule has 0 radical (unpaired) electrons. The molecule has 4 aromatic rings. The Bertz CT molecular complexity index is 1340. The van der Waals surface area contributed by atoms with Gasteiger partial charge in [0.05, 0.1) is 34.8 Å². The molecule has 0 atom stereocenters. The lowest BCUT2D eigenvalue weighted by atomic mass is 10.0. The SMILES string of the molecule is Cc1cnc(CNC(=O)c2cc(-c3ccc(Cl)cn3)c(F)c(-n3ncnc3C(F)(F)F)c2)cn1. The van der Waals surface area contributed by atoms with E-state index in [1.165, 1.54) is 36.8 Å². The maximum Gasteiger partial charge on any atom is 0.451 e. The van der Waals surface area contributed by atoms with Gasteiger partial charge >= 0.3 is 6.18 Å². The highest BCUT2D eigenvalue weighted by Crippen LogP contribution is 2.33. The molecule has 0 saturated heterocycles. The van der Waals surface area contributed by atoms with Crippen LogP contribution in [0.3, 0.4) is 0 Å². The first kappa shape index (κ1) is 23.2. The minimum Gasteiger partial charge on any atom is -0.346 e. The summed E-state index contributed by atoms with van der Waals surface area (Å²) in [5.41, 5.74) is 0.211. The van der Waals surface area contributed by atoms with Gasteiger partial charge in [-0.05, 0) is 31.2 Å². The highest BCUT2D eigenvalue weighted by Gasteiger charge is 2.38. The van der Waals surface area contributed by atoms with Crippen molar-refractivity contribution < 1.29 is 22.4 Å². The van der Waals surface area contributed by atoms with Crippen LogP contribution in [0.2, 0.25) is 5.02 Å². The molecule has 0 aliphatic heterocycles. The van der Waals surface area contributed by atoms with Gasteiger partial charge in [-0.25, -0.2) is 14.1 Å². The third-order valence-electron chi connectivity index (χ3n) is 4.61. The number of carbonyl (C=O) groups is 1. The van der Waals surface area contributed by atoms with E-state index >= 15 is 4.39 Å². The number of nitrogens with one attached hydrogen (secondary N) is 1. The summed E-state index contributed by atoms with van der Waals surface area (Å²) >= 11 is 5.83. The van der Waals surface area contributed by atoms with E-state index in [0.717, 1.165) is 6.07 Å². The molecule has 0 saturated carbocycles. The summed E-state index contributed by atoms with van der Waals surface area (Å²) < 4.78 is 55.9. The van der Waals surface area contributed by atoms with Crippen molar-refractivity contribution in [2.24, 2.45) is 0 Å².